The van der Waals surface area contributed by atoms with Gasteiger partial charge in [0.05, 0.1) is 22.8 Å². The minimum atomic E-state index is -4.50. The van der Waals surface area contributed by atoms with Gasteiger partial charge in [-0.1, -0.05) is 11.6 Å². The van der Waals surface area contributed by atoms with Crippen molar-refractivity contribution < 1.29 is 22.7 Å². The summed E-state index contributed by atoms with van der Waals surface area (Å²) in [5.74, 6) is -0.406. The Morgan fingerprint density at radius 2 is 2.20 bits per heavy atom. The molecule has 1 heterocycles. The number of hydrogen-bond donors (Lipinski definition) is 1. The first-order valence-electron chi connectivity index (χ1n) is 6.10. The maximum Gasteiger partial charge on any atom is 0.416 e. The van der Waals surface area contributed by atoms with Gasteiger partial charge in [0.1, 0.15) is 0 Å². The lowest BCUT2D eigenvalue weighted by Gasteiger charge is -2.12. The molecule has 1 fully saturated rings. The second-order valence-corrected chi connectivity index (χ2v) is 5.04. The number of halogens is 4. The number of rotatable bonds is 3. The van der Waals surface area contributed by atoms with E-state index >= 15 is 0 Å². The van der Waals surface area contributed by atoms with Crippen LogP contribution >= 0.6 is 11.6 Å². The molecule has 1 aliphatic rings. The van der Waals surface area contributed by atoms with E-state index in [0.29, 0.717) is 19.8 Å². The molecule has 1 saturated heterocycles. The van der Waals surface area contributed by atoms with Gasteiger partial charge in [0, 0.05) is 19.1 Å². The highest BCUT2D eigenvalue weighted by molar-refractivity contribution is 6.33. The fourth-order valence-corrected chi connectivity index (χ4v) is 2.16. The highest BCUT2D eigenvalue weighted by Gasteiger charge is 2.31. The highest BCUT2D eigenvalue weighted by atomic mass is 35.5. The lowest BCUT2D eigenvalue weighted by Crippen LogP contribution is -2.30. The molecule has 0 radical (unpaired) electrons. The molecule has 0 aromatic heterocycles. The fourth-order valence-electron chi connectivity index (χ4n) is 1.95. The minimum absolute atomic E-state index is 0.00169. The molecule has 1 aromatic rings. The van der Waals surface area contributed by atoms with E-state index in [9.17, 15) is 18.0 Å². The quantitative estimate of drug-likeness (QED) is 0.932. The van der Waals surface area contributed by atoms with Crippen molar-refractivity contribution in [3.63, 3.8) is 0 Å². The summed E-state index contributed by atoms with van der Waals surface area (Å²) in [7, 11) is 0. The standard InChI is InChI=1S/C13H13ClF3NO2/c14-11-2-1-9(13(15,16)17)5-10(11)12(19)18-6-8-3-4-20-7-8/h1-2,5,8H,3-4,6-7H2,(H,18,19)/t8-/m1/s1. The zero-order valence-electron chi connectivity index (χ0n) is 10.5. The van der Waals surface area contributed by atoms with E-state index in [-0.39, 0.29) is 16.5 Å². The van der Waals surface area contributed by atoms with E-state index in [1.165, 1.54) is 0 Å². The first-order chi connectivity index (χ1) is 9.38. The molecule has 0 unspecified atom stereocenters. The van der Waals surface area contributed by atoms with Gasteiger partial charge in [-0.05, 0) is 24.6 Å². The summed E-state index contributed by atoms with van der Waals surface area (Å²) in [6.45, 7) is 1.56. The largest absolute Gasteiger partial charge is 0.416 e. The molecule has 3 nitrogen and oxygen atoms in total. The first kappa shape index (κ1) is 15.1. The van der Waals surface area contributed by atoms with Crippen molar-refractivity contribution in [3.05, 3.63) is 34.3 Å². The SMILES string of the molecule is O=C(NC[C@H]1CCOC1)c1cc(C(F)(F)F)ccc1Cl. The van der Waals surface area contributed by atoms with Crippen LogP contribution in [0.25, 0.3) is 0 Å². The van der Waals surface area contributed by atoms with Crippen molar-refractivity contribution in [1.82, 2.24) is 5.32 Å². The maximum atomic E-state index is 12.6. The van der Waals surface area contributed by atoms with Crippen molar-refractivity contribution in [2.24, 2.45) is 5.92 Å². The Balaban J connectivity index is 2.08. The van der Waals surface area contributed by atoms with Gasteiger partial charge in [-0.2, -0.15) is 13.2 Å². The van der Waals surface area contributed by atoms with Gasteiger partial charge in [0.15, 0.2) is 0 Å². The summed E-state index contributed by atoms with van der Waals surface area (Å²) in [5.41, 5.74) is -1.06. The molecule has 20 heavy (non-hydrogen) atoms. The van der Waals surface area contributed by atoms with Crippen LogP contribution < -0.4 is 5.32 Å². The number of benzene rings is 1. The molecule has 0 bridgehead atoms. The Morgan fingerprint density at radius 1 is 1.45 bits per heavy atom. The number of ether oxygens (including phenoxy) is 1. The van der Waals surface area contributed by atoms with Crippen LogP contribution in [0.3, 0.4) is 0 Å². The van der Waals surface area contributed by atoms with Gasteiger partial charge in [-0.3, -0.25) is 4.79 Å². The number of nitrogens with one attached hydrogen (secondary N) is 1. The van der Waals surface area contributed by atoms with Crippen molar-refractivity contribution in [2.75, 3.05) is 19.8 Å². The Hall–Kier alpha value is -1.27. The Bertz CT molecular complexity index is 499. The topological polar surface area (TPSA) is 38.3 Å². The van der Waals surface area contributed by atoms with Gasteiger partial charge in [-0.15, -0.1) is 0 Å². The molecule has 7 heteroatoms. The van der Waals surface area contributed by atoms with Gasteiger partial charge < -0.3 is 10.1 Å². The van der Waals surface area contributed by atoms with Gasteiger partial charge in [0.2, 0.25) is 0 Å². The predicted octanol–water partition coefficient (Wildman–Crippen LogP) is 3.13. The summed E-state index contributed by atoms with van der Waals surface area (Å²) in [6.07, 6.45) is -3.67. The van der Waals surface area contributed by atoms with Crippen molar-refractivity contribution in [2.45, 2.75) is 12.6 Å². The van der Waals surface area contributed by atoms with Crippen LogP contribution in [0.2, 0.25) is 5.02 Å². The average molecular weight is 308 g/mol. The normalized spacial score (nSPS) is 19.1. The summed E-state index contributed by atoms with van der Waals surface area (Å²) in [6, 6.07) is 2.70. The number of alkyl halides is 3. The smallest absolute Gasteiger partial charge is 0.381 e. The second kappa shape index (κ2) is 6.01. The second-order valence-electron chi connectivity index (χ2n) is 4.63. The van der Waals surface area contributed by atoms with Gasteiger partial charge >= 0.3 is 6.18 Å². The number of carbonyl (C=O) groups excluding carboxylic acids is 1. The van der Waals surface area contributed by atoms with Crippen LogP contribution in [0.1, 0.15) is 22.3 Å². The molecular formula is C13H13ClF3NO2. The summed E-state index contributed by atoms with van der Waals surface area (Å²) < 4.78 is 43.0. The molecule has 2 rings (SSSR count). The molecule has 0 spiro atoms. The van der Waals surface area contributed by atoms with Gasteiger partial charge in [0.25, 0.3) is 5.91 Å². The molecular weight excluding hydrogens is 295 g/mol. The van der Waals surface area contributed by atoms with E-state index in [4.69, 9.17) is 16.3 Å². The zero-order chi connectivity index (χ0) is 14.8. The van der Waals surface area contributed by atoms with E-state index in [1.807, 2.05) is 0 Å². The van der Waals surface area contributed by atoms with Crippen molar-refractivity contribution >= 4 is 17.5 Å². The minimum Gasteiger partial charge on any atom is -0.381 e. The highest BCUT2D eigenvalue weighted by Crippen LogP contribution is 2.31. The summed E-state index contributed by atoms with van der Waals surface area (Å²) >= 11 is 5.78. The van der Waals surface area contributed by atoms with Crippen molar-refractivity contribution in [3.8, 4) is 0 Å². The van der Waals surface area contributed by atoms with Gasteiger partial charge in [-0.25, -0.2) is 0 Å². The summed E-state index contributed by atoms with van der Waals surface area (Å²) in [4.78, 5) is 11.9. The van der Waals surface area contributed by atoms with E-state index in [1.54, 1.807) is 0 Å². The molecule has 1 aromatic carbocycles. The van der Waals surface area contributed by atoms with Crippen LogP contribution in [0, 0.1) is 5.92 Å². The Morgan fingerprint density at radius 3 is 2.80 bits per heavy atom. The van der Waals surface area contributed by atoms with E-state index < -0.39 is 17.6 Å². The number of carbonyl (C=O) groups is 1. The first-order valence-corrected chi connectivity index (χ1v) is 6.48. The molecule has 1 aliphatic heterocycles. The Labute approximate surface area is 119 Å². The Kier molecular flexibility index (Phi) is 4.55. The molecule has 0 aliphatic carbocycles. The average Bonchev–Trinajstić information content (AvgIpc) is 2.88. The zero-order valence-corrected chi connectivity index (χ0v) is 11.2. The lowest BCUT2D eigenvalue weighted by molar-refractivity contribution is -0.137. The molecule has 1 amide bonds. The predicted molar refractivity (Wildman–Crippen MR) is 67.7 cm³/mol. The third-order valence-electron chi connectivity index (χ3n) is 3.11. The number of amides is 1. The molecule has 1 atom stereocenters. The monoisotopic (exact) mass is 307 g/mol. The van der Waals surface area contributed by atoms with Crippen LogP contribution in [0.5, 0.6) is 0 Å². The van der Waals surface area contributed by atoms with Crippen molar-refractivity contribution in [1.29, 1.82) is 0 Å². The maximum absolute atomic E-state index is 12.6. The summed E-state index contributed by atoms with van der Waals surface area (Å²) in [5, 5.41) is 2.59. The van der Waals surface area contributed by atoms with Crippen LogP contribution in [-0.2, 0) is 10.9 Å². The van der Waals surface area contributed by atoms with Crippen LogP contribution in [0.4, 0.5) is 13.2 Å². The van der Waals surface area contributed by atoms with E-state index in [0.717, 1.165) is 24.6 Å². The molecule has 1 N–H and O–H groups in total. The molecule has 110 valence electrons. The third kappa shape index (κ3) is 3.64. The number of hydrogen-bond acceptors (Lipinski definition) is 2. The van der Waals surface area contributed by atoms with E-state index in [2.05, 4.69) is 5.32 Å². The molecule has 0 saturated carbocycles. The lowest BCUT2D eigenvalue weighted by atomic mass is 10.1. The third-order valence-corrected chi connectivity index (χ3v) is 3.44. The fraction of sp³-hybridized carbons (Fsp3) is 0.462. The van der Waals surface area contributed by atoms with Crippen LogP contribution in [0.15, 0.2) is 18.2 Å². The van der Waals surface area contributed by atoms with Crippen LogP contribution in [-0.4, -0.2) is 25.7 Å².